The molecule has 3 aliphatic carbocycles. The molecule has 1 saturated heterocycles. The average molecular weight is 638 g/mol. The molecule has 11 nitrogen and oxygen atoms in total. The first kappa shape index (κ1) is 32.8. The standard InChI is InChI=1S/C31H38F3N3O8/c1-13(2)37-9-7-6-8-18(37)15-12-19(38)21-16(26(15)45-31(32,33)34)10-14-11-17-23(36(4)5)25(40)22(29(43)35-3)28(42)30(17,44)27(41)20(14)24(21)39/h12-14,17-18,23,38,40-41,44H,6-11H2,1-5H3,(H,35,43)/t14-,17-,18?,23-,30-/m0/s1. The maximum Gasteiger partial charge on any atom is 0.573 e. The fourth-order valence-electron chi connectivity index (χ4n) is 7.82. The van der Waals surface area contributed by atoms with Crippen molar-refractivity contribution in [1.82, 2.24) is 15.1 Å². The highest BCUT2D eigenvalue weighted by Crippen LogP contribution is 2.55. The second-order valence-electron chi connectivity index (χ2n) is 12.7. The number of aliphatic hydroxyl groups excluding tert-OH is 2. The van der Waals surface area contributed by atoms with Gasteiger partial charge in [-0.3, -0.25) is 24.2 Å². The van der Waals surface area contributed by atoms with Gasteiger partial charge in [0.2, 0.25) is 5.78 Å². The van der Waals surface area contributed by atoms with E-state index in [1.807, 2.05) is 18.7 Å². The average Bonchev–Trinajstić information content (AvgIpc) is 2.95. The molecule has 246 valence electrons. The number of ketones is 2. The molecule has 0 saturated carbocycles. The molecule has 1 aliphatic heterocycles. The maximum atomic E-state index is 14.0. The number of aliphatic hydroxyl groups is 3. The monoisotopic (exact) mass is 637 g/mol. The number of nitrogens with one attached hydrogen (secondary N) is 1. The van der Waals surface area contributed by atoms with Crippen molar-refractivity contribution in [3.05, 3.63) is 45.4 Å². The molecule has 1 aromatic carbocycles. The van der Waals surface area contributed by atoms with Crippen LogP contribution in [-0.4, -0.2) is 99.4 Å². The van der Waals surface area contributed by atoms with Crippen LogP contribution in [0.3, 0.4) is 0 Å². The van der Waals surface area contributed by atoms with E-state index >= 15 is 0 Å². The highest BCUT2D eigenvalue weighted by molar-refractivity contribution is 6.25. The zero-order valence-corrected chi connectivity index (χ0v) is 25.7. The van der Waals surface area contributed by atoms with Crippen molar-refractivity contribution in [3.8, 4) is 11.5 Å². The molecule has 0 radical (unpaired) electrons. The van der Waals surface area contributed by atoms with Crippen LogP contribution in [0.1, 0.15) is 67.1 Å². The van der Waals surface area contributed by atoms with Gasteiger partial charge in [0.15, 0.2) is 11.4 Å². The van der Waals surface area contributed by atoms with Gasteiger partial charge in [-0.1, -0.05) is 6.42 Å². The Morgan fingerprint density at radius 1 is 1.18 bits per heavy atom. The number of likely N-dealkylation sites (tertiary alicyclic amines) is 1. The van der Waals surface area contributed by atoms with Gasteiger partial charge in [-0.05, 0) is 72.2 Å². The van der Waals surface area contributed by atoms with E-state index in [1.54, 1.807) is 0 Å². The molecule has 14 heteroatoms. The summed E-state index contributed by atoms with van der Waals surface area (Å²) in [6.45, 7) is 4.45. The van der Waals surface area contributed by atoms with Crippen molar-refractivity contribution < 1.29 is 52.7 Å². The molecule has 5 atom stereocenters. The first-order chi connectivity index (χ1) is 20.9. The lowest BCUT2D eigenvalue weighted by Gasteiger charge is -2.50. The van der Waals surface area contributed by atoms with Crippen LogP contribution in [0.5, 0.6) is 11.5 Å². The van der Waals surface area contributed by atoms with E-state index < -0.39 is 93.1 Å². The SMILES string of the molecule is CNC(=O)C1=C(O)[C@@H](N(C)C)[C@@H]2C[C@@H]3Cc4c(OC(F)(F)F)c(C5CCCCN5C(C)C)cc(O)c4C(=O)C3=C(O)[C@]2(O)C1=O. The number of carbonyl (C=O) groups is 3. The molecule has 0 aromatic heterocycles. The minimum Gasteiger partial charge on any atom is -0.510 e. The third-order valence-electron chi connectivity index (χ3n) is 9.69. The van der Waals surface area contributed by atoms with Crippen LogP contribution in [0.15, 0.2) is 28.7 Å². The number of amides is 1. The van der Waals surface area contributed by atoms with Crippen LogP contribution >= 0.6 is 0 Å². The number of phenols is 1. The number of likely N-dealkylation sites (N-methyl/N-ethyl adjacent to an activating group) is 2. The van der Waals surface area contributed by atoms with Crippen LogP contribution in [0.4, 0.5) is 13.2 Å². The van der Waals surface area contributed by atoms with E-state index in [2.05, 4.69) is 10.1 Å². The molecular formula is C31H38F3N3O8. The Kier molecular flexibility index (Phi) is 8.24. The van der Waals surface area contributed by atoms with Gasteiger partial charge < -0.3 is 30.5 Å². The Morgan fingerprint density at radius 2 is 1.84 bits per heavy atom. The zero-order chi connectivity index (χ0) is 33.3. The highest BCUT2D eigenvalue weighted by Gasteiger charge is 2.63. The van der Waals surface area contributed by atoms with E-state index in [0.29, 0.717) is 13.0 Å². The van der Waals surface area contributed by atoms with Gasteiger partial charge >= 0.3 is 6.36 Å². The van der Waals surface area contributed by atoms with E-state index in [9.17, 15) is 48.0 Å². The summed E-state index contributed by atoms with van der Waals surface area (Å²) in [6, 6.07) is -0.667. The van der Waals surface area contributed by atoms with Crippen LogP contribution in [-0.2, 0) is 16.0 Å². The number of allylic oxidation sites excluding steroid dienone is 1. The van der Waals surface area contributed by atoms with Gasteiger partial charge in [-0.15, -0.1) is 13.2 Å². The van der Waals surface area contributed by atoms with Gasteiger partial charge in [-0.25, -0.2) is 0 Å². The fourth-order valence-corrected chi connectivity index (χ4v) is 7.82. The first-order valence-electron chi connectivity index (χ1n) is 14.9. The number of ether oxygens (including phenoxy) is 1. The topological polar surface area (TPSA) is 160 Å². The lowest BCUT2D eigenvalue weighted by Crippen LogP contribution is -2.63. The number of nitrogens with zero attached hydrogens (tertiary/aromatic N) is 2. The number of halogens is 3. The van der Waals surface area contributed by atoms with Gasteiger partial charge in [-0.2, -0.15) is 0 Å². The predicted octanol–water partition coefficient (Wildman–Crippen LogP) is 3.22. The molecule has 1 heterocycles. The Hall–Kier alpha value is -3.62. The van der Waals surface area contributed by atoms with E-state index in [-0.39, 0.29) is 30.0 Å². The summed E-state index contributed by atoms with van der Waals surface area (Å²) >= 11 is 0. The summed E-state index contributed by atoms with van der Waals surface area (Å²) in [5, 5.41) is 47.9. The Bertz CT molecular complexity index is 1520. The number of fused-ring (bicyclic) bond motifs is 3. The Morgan fingerprint density at radius 3 is 2.42 bits per heavy atom. The second-order valence-corrected chi connectivity index (χ2v) is 12.7. The van der Waals surface area contributed by atoms with E-state index in [0.717, 1.165) is 18.9 Å². The smallest absolute Gasteiger partial charge is 0.510 e. The number of phenolic OH excluding ortho intramolecular Hbond substituents is 1. The number of rotatable bonds is 5. The minimum absolute atomic E-state index is 0.0384. The summed E-state index contributed by atoms with van der Waals surface area (Å²) in [4.78, 5) is 43.7. The number of hydrogen-bond donors (Lipinski definition) is 5. The third-order valence-corrected chi connectivity index (χ3v) is 9.69. The van der Waals surface area contributed by atoms with Crippen molar-refractivity contribution in [3.63, 3.8) is 0 Å². The summed E-state index contributed by atoms with van der Waals surface area (Å²) in [5.74, 6) is -8.66. The molecule has 1 aromatic rings. The van der Waals surface area contributed by atoms with Crippen molar-refractivity contribution in [2.45, 2.75) is 76.0 Å². The van der Waals surface area contributed by atoms with Crippen LogP contribution < -0.4 is 10.1 Å². The summed E-state index contributed by atoms with van der Waals surface area (Å²) in [6.07, 6.45) is -3.62. The second kappa shape index (κ2) is 11.3. The minimum atomic E-state index is -5.14. The maximum absolute atomic E-state index is 14.0. The number of alkyl halides is 3. The molecule has 1 amide bonds. The number of piperidine rings is 1. The lowest BCUT2D eigenvalue weighted by atomic mass is 9.58. The molecular weight excluding hydrogens is 599 g/mol. The summed E-state index contributed by atoms with van der Waals surface area (Å²) < 4.78 is 46.5. The number of hydrogen-bond acceptors (Lipinski definition) is 10. The van der Waals surface area contributed by atoms with Crippen LogP contribution in [0.25, 0.3) is 0 Å². The van der Waals surface area contributed by atoms with Crippen molar-refractivity contribution in [2.24, 2.45) is 11.8 Å². The Balaban J connectivity index is 1.72. The molecule has 45 heavy (non-hydrogen) atoms. The lowest BCUT2D eigenvalue weighted by molar-refractivity contribution is -0.275. The van der Waals surface area contributed by atoms with E-state index in [4.69, 9.17) is 0 Å². The molecule has 5 rings (SSSR count). The van der Waals surface area contributed by atoms with Crippen molar-refractivity contribution in [1.29, 1.82) is 0 Å². The molecule has 4 aliphatic rings. The fraction of sp³-hybridized carbons (Fsp3) is 0.581. The number of carbonyl (C=O) groups excluding carboxylic acids is 3. The van der Waals surface area contributed by atoms with E-state index in [1.165, 1.54) is 26.0 Å². The van der Waals surface area contributed by atoms with Gasteiger partial charge in [0, 0.05) is 41.7 Å². The van der Waals surface area contributed by atoms with Crippen LogP contribution in [0.2, 0.25) is 0 Å². The Labute approximate surface area is 257 Å². The molecule has 5 N–H and O–H groups in total. The number of benzene rings is 1. The highest BCUT2D eigenvalue weighted by atomic mass is 19.4. The summed E-state index contributed by atoms with van der Waals surface area (Å²) in [5.41, 5.74) is -4.69. The third kappa shape index (κ3) is 5.06. The molecule has 0 bridgehead atoms. The largest absolute Gasteiger partial charge is 0.573 e. The number of aromatic hydroxyl groups is 1. The molecule has 0 spiro atoms. The van der Waals surface area contributed by atoms with Crippen LogP contribution in [0, 0.1) is 11.8 Å². The summed E-state index contributed by atoms with van der Waals surface area (Å²) in [7, 11) is 4.24. The zero-order valence-electron chi connectivity index (χ0n) is 25.7. The first-order valence-corrected chi connectivity index (χ1v) is 14.9. The van der Waals surface area contributed by atoms with Gasteiger partial charge in [0.1, 0.15) is 28.6 Å². The van der Waals surface area contributed by atoms with Gasteiger partial charge in [0.25, 0.3) is 5.91 Å². The molecule has 1 unspecified atom stereocenters. The number of Topliss-reactive ketones (excluding diaryl/α,β-unsaturated/α-hetero) is 2. The van der Waals surface area contributed by atoms with Crippen molar-refractivity contribution in [2.75, 3.05) is 27.7 Å². The van der Waals surface area contributed by atoms with Crippen molar-refractivity contribution >= 4 is 17.5 Å². The quantitative estimate of drug-likeness (QED) is 0.304. The molecule has 1 fully saturated rings. The predicted molar refractivity (Wildman–Crippen MR) is 154 cm³/mol. The normalized spacial score (nSPS) is 29.1. The van der Waals surface area contributed by atoms with Gasteiger partial charge in [0.05, 0.1) is 11.6 Å².